The van der Waals surface area contributed by atoms with Crippen LogP contribution in [0.25, 0.3) is 0 Å². The molecule has 6 heteroatoms. The van der Waals surface area contributed by atoms with Gasteiger partial charge >= 0.3 is 0 Å². The first-order valence-electron chi connectivity index (χ1n) is 6.26. The van der Waals surface area contributed by atoms with E-state index in [1.54, 1.807) is 30.9 Å². The van der Waals surface area contributed by atoms with Crippen LogP contribution >= 0.6 is 11.8 Å². The molecule has 0 bridgehead atoms. The molecule has 0 saturated carbocycles. The van der Waals surface area contributed by atoms with Gasteiger partial charge in [0.2, 0.25) is 10.0 Å². The third kappa shape index (κ3) is 5.14. The van der Waals surface area contributed by atoms with Crippen molar-refractivity contribution in [3.8, 4) is 0 Å². The third-order valence-corrected chi connectivity index (χ3v) is 5.48. The molecule has 1 aromatic rings. The Hall–Kier alpha value is -0.560. The molecule has 0 heterocycles. The van der Waals surface area contributed by atoms with Crippen molar-refractivity contribution >= 4 is 21.8 Å². The number of thioether (sulfide) groups is 1. The van der Waals surface area contributed by atoms with Gasteiger partial charge in [0.25, 0.3) is 0 Å². The van der Waals surface area contributed by atoms with E-state index in [0.717, 1.165) is 12.0 Å². The first kappa shape index (κ1) is 16.5. The molecule has 0 saturated heterocycles. The predicted molar refractivity (Wildman–Crippen MR) is 82.0 cm³/mol. The van der Waals surface area contributed by atoms with Crippen LogP contribution in [0.15, 0.2) is 29.2 Å². The Morgan fingerprint density at radius 1 is 1.32 bits per heavy atom. The van der Waals surface area contributed by atoms with Crippen molar-refractivity contribution in [3.63, 3.8) is 0 Å². The Balaban J connectivity index is 2.77. The van der Waals surface area contributed by atoms with Gasteiger partial charge in [-0.1, -0.05) is 25.1 Å². The topological polar surface area (TPSA) is 58.2 Å². The highest BCUT2D eigenvalue weighted by Crippen LogP contribution is 2.15. The highest BCUT2D eigenvalue weighted by Gasteiger charge is 2.17. The predicted octanol–water partition coefficient (Wildman–Crippen LogP) is 1.83. The molecule has 1 rings (SSSR count). The summed E-state index contributed by atoms with van der Waals surface area (Å²) in [5.41, 5.74) is 0.787. The summed E-state index contributed by atoms with van der Waals surface area (Å²) in [7, 11) is -1.61. The van der Waals surface area contributed by atoms with Crippen LogP contribution in [-0.2, 0) is 16.6 Å². The minimum absolute atomic E-state index is 0.362. The number of nitrogens with one attached hydrogen (secondary N) is 2. The molecule has 4 nitrogen and oxygen atoms in total. The summed E-state index contributed by atoms with van der Waals surface area (Å²) in [5.74, 6) is 0. The van der Waals surface area contributed by atoms with E-state index in [9.17, 15) is 8.42 Å². The molecular formula is C13H22N2O2S2. The summed E-state index contributed by atoms with van der Waals surface area (Å²) < 4.78 is 27.2. The van der Waals surface area contributed by atoms with Crippen molar-refractivity contribution in [1.82, 2.24) is 10.0 Å². The zero-order chi connectivity index (χ0) is 14.3. The van der Waals surface area contributed by atoms with Crippen molar-refractivity contribution in [2.45, 2.75) is 30.0 Å². The molecule has 0 aliphatic rings. The van der Waals surface area contributed by atoms with Crippen LogP contribution in [0.1, 0.15) is 18.9 Å². The average molecular weight is 302 g/mol. The zero-order valence-corrected chi connectivity index (χ0v) is 13.3. The van der Waals surface area contributed by atoms with E-state index in [1.165, 1.54) is 0 Å². The summed E-state index contributed by atoms with van der Waals surface area (Å²) in [5, 5.41) is 3.44. The highest BCUT2D eigenvalue weighted by molar-refractivity contribution is 7.99. The van der Waals surface area contributed by atoms with Gasteiger partial charge in [0.1, 0.15) is 0 Å². The highest BCUT2D eigenvalue weighted by atomic mass is 32.2. The Labute approximate surface area is 120 Å². The van der Waals surface area contributed by atoms with Crippen molar-refractivity contribution < 1.29 is 8.42 Å². The van der Waals surface area contributed by atoms with Crippen LogP contribution in [-0.4, -0.2) is 33.5 Å². The zero-order valence-electron chi connectivity index (χ0n) is 11.6. The standard InChI is InChI=1S/C13H22N2O2S2/c1-11(18-3)8-9-15-19(16,17)13-7-5-4-6-12(13)10-14-2/h4-7,11,14-15H,8-10H2,1-3H3. The molecule has 0 amide bonds. The van der Waals surface area contributed by atoms with E-state index < -0.39 is 10.0 Å². The molecule has 0 aliphatic carbocycles. The SMILES string of the molecule is CNCc1ccccc1S(=O)(=O)NCCC(C)SC. The van der Waals surface area contributed by atoms with Gasteiger partial charge in [-0.2, -0.15) is 11.8 Å². The Kier molecular flexibility index (Phi) is 6.85. The lowest BCUT2D eigenvalue weighted by atomic mass is 10.2. The monoisotopic (exact) mass is 302 g/mol. The quantitative estimate of drug-likeness (QED) is 0.769. The fraction of sp³-hybridized carbons (Fsp3) is 0.538. The van der Waals surface area contributed by atoms with Crippen molar-refractivity contribution in [2.75, 3.05) is 19.8 Å². The van der Waals surface area contributed by atoms with E-state index in [0.29, 0.717) is 23.2 Å². The van der Waals surface area contributed by atoms with E-state index >= 15 is 0 Å². The molecule has 0 radical (unpaired) electrons. The lowest BCUT2D eigenvalue weighted by Gasteiger charge is -2.12. The maximum Gasteiger partial charge on any atom is 0.240 e. The lowest BCUT2D eigenvalue weighted by Crippen LogP contribution is -2.27. The van der Waals surface area contributed by atoms with E-state index in [1.807, 2.05) is 18.4 Å². The number of rotatable bonds is 8. The summed E-state index contributed by atoms with van der Waals surface area (Å²) in [4.78, 5) is 0.362. The number of hydrogen-bond acceptors (Lipinski definition) is 4. The normalized spacial score (nSPS) is 13.4. The molecular weight excluding hydrogens is 280 g/mol. The van der Waals surface area contributed by atoms with Crippen LogP contribution in [0.5, 0.6) is 0 Å². The third-order valence-electron chi connectivity index (χ3n) is 2.87. The van der Waals surface area contributed by atoms with Crippen LogP contribution in [0, 0.1) is 0 Å². The molecule has 108 valence electrons. The van der Waals surface area contributed by atoms with Gasteiger partial charge in [0.05, 0.1) is 4.90 Å². The largest absolute Gasteiger partial charge is 0.316 e. The van der Waals surface area contributed by atoms with Gasteiger partial charge < -0.3 is 5.32 Å². The van der Waals surface area contributed by atoms with E-state index in [-0.39, 0.29) is 0 Å². The summed E-state index contributed by atoms with van der Waals surface area (Å²) >= 11 is 1.74. The molecule has 0 spiro atoms. The van der Waals surface area contributed by atoms with Gasteiger partial charge in [-0.05, 0) is 31.4 Å². The van der Waals surface area contributed by atoms with E-state index in [4.69, 9.17) is 0 Å². The van der Waals surface area contributed by atoms with Crippen molar-refractivity contribution in [3.05, 3.63) is 29.8 Å². The van der Waals surface area contributed by atoms with Gasteiger partial charge in [-0.15, -0.1) is 0 Å². The van der Waals surface area contributed by atoms with Gasteiger partial charge in [0, 0.05) is 18.3 Å². The summed E-state index contributed by atoms with van der Waals surface area (Å²) in [6, 6.07) is 7.07. The molecule has 19 heavy (non-hydrogen) atoms. The smallest absolute Gasteiger partial charge is 0.240 e. The number of sulfonamides is 1. The molecule has 2 N–H and O–H groups in total. The minimum atomic E-state index is -3.42. The lowest BCUT2D eigenvalue weighted by molar-refractivity contribution is 0.577. The molecule has 1 aromatic carbocycles. The Bertz CT molecular complexity index is 489. The second-order valence-electron chi connectivity index (χ2n) is 4.37. The van der Waals surface area contributed by atoms with E-state index in [2.05, 4.69) is 17.0 Å². The molecule has 0 aliphatic heterocycles. The second kappa shape index (κ2) is 7.89. The first-order chi connectivity index (χ1) is 9.01. The number of hydrogen-bond donors (Lipinski definition) is 2. The fourth-order valence-electron chi connectivity index (χ4n) is 1.69. The summed E-state index contributed by atoms with van der Waals surface area (Å²) in [6.45, 7) is 3.10. The molecule has 0 aromatic heterocycles. The fourth-order valence-corrected chi connectivity index (χ4v) is 3.33. The first-order valence-corrected chi connectivity index (χ1v) is 9.03. The maximum absolute atomic E-state index is 12.3. The van der Waals surface area contributed by atoms with Crippen molar-refractivity contribution in [1.29, 1.82) is 0 Å². The van der Waals surface area contributed by atoms with Crippen LogP contribution < -0.4 is 10.0 Å². The minimum Gasteiger partial charge on any atom is -0.316 e. The number of benzene rings is 1. The van der Waals surface area contributed by atoms with Gasteiger partial charge in [-0.25, -0.2) is 13.1 Å². The average Bonchev–Trinajstić information content (AvgIpc) is 2.39. The van der Waals surface area contributed by atoms with Gasteiger partial charge in [0.15, 0.2) is 0 Å². The maximum atomic E-state index is 12.3. The Morgan fingerprint density at radius 2 is 2.00 bits per heavy atom. The molecule has 0 fully saturated rings. The van der Waals surface area contributed by atoms with Crippen molar-refractivity contribution in [2.24, 2.45) is 0 Å². The van der Waals surface area contributed by atoms with Crippen LogP contribution in [0.2, 0.25) is 0 Å². The Morgan fingerprint density at radius 3 is 2.63 bits per heavy atom. The van der Waals surface area contributed by atoms with Crippen LogP contribution in [0.4, 0.5) is 0 Å². The molecule has 1 unspecified atom stereocenters. The van der Waals surface area contributed by atoms with Gasteiger partial charge in [-0.3, -0.25) is 0 Å². The summed E-state index contributed by atoms with van der Waals surface area (Å²) in [6.07, 6.45) is 2.86. The molecule has 1 atom stereocenters. The van der Waals surface area contributed by atoms with Crippen LogP contribution in [0.3, 0.4) is 0 Å². The second-order valence-corrected chi connectivity index (χ2v) is 7.38.